The molecule has 0 saturated carbocycles. The molecule has 2 aromatic carbocycles. The molecule has 0 spiro atoms. The van der Waals surface area contributed by atoms with Crippen molar-refractivity contribution >= 4 is 74.5 Å². The fourth-order valence-electron chi connectivity index (χ4n) is 4.63. The van der Waals surface area contributed by atoms with Crippen LogP contribution in [0.1, 0.15) is 28.6 Å². The first-order valence-electron chi connectivity index (χ1n) is 12.0. The highest BCUT2D eigenvalue weighted by Crippen LogP contribution is 2.44. The third kappa shape index (κ3) is 4.66. The van der Waals surface area contributed by atoms with E-state index in [0.29, 0.717) is 42.7 Å². The minimum Gasteiger partial charge on any atom is -0.505 e. The summed E-state index contributed by atoms with van der Waals surface area (Å²) in [5, 5.41) is 21.5. The van der Waals surface area contributed by atoms with Gasteiger partial charge in [0.2, 0.25) is 5.13 Å². The number of carbonyl (C=O) groups excluding carboxylic acids is 2. The summed E-state index contributed by atoms with van der Waals surface area (Å²) in [6.45, 7) is 1.74. The molecule has 0 radical (unpaired) electrons. The number of rotatable bonds is 6. The summed E-state index contributed by atoms with van der Waals surface area (Å²) in [6, 6.07) is 18.7. The molecule has 1 fully saturated rings. The third-order valence-corrected chi connectivity index (χ3v) is 9.19. The number of aryl methyl sites for hydroxylation is 1. The first kappa shape index (κ1) is 26.5. The van der Waals surface area contributed by atoms with Crippen LogP contribution in [0.25, 0.3) is 11.4 Å². The van der Waals surface area contributed by atoms with E-state index >= 15 is 0 Å². The van der Waals surface area contributed by atoms with Gasteiger partial charge in [-0.15, -0.1) is 10.2 Å². The summed E-state index contributed by atoms with van der Waals surface area (Å²) in [4.78, 5) is 32.9. The van der Waals surface area contributed by atoms with E-state index in [9.17, 15) is 14.7 Å². The van der Waals surface area contributed by atoms with E-state index in [-0.39, 0.29) is 16.5 Å². The number of aliphatic hydroxyl groups is 1. The zero-order valence-electron chi connectivity index (χ0n) is 20.8. The van der Waals surface area contributed by atoms with Gasteiger partial charge in [0.25, 0.3) is 5.78 Å². The Morgan fingerprint density at radius 3 is 2.55 bits per heavy atom. The van der Waals surface area contributed by atoms with Crippen LogP contribution in [-0.4, -0.2) is 36.4 Å². The lowest BCUT2D eigenvalue weighted by atomic mass is 9.96. The van der Waals surface area contributed by atoms with Crippen LogP contribution in [0, 0.1) is 6.92 Å². The van der Waals surface area contributed by atoms with Crippen LogP contribution >= 0.6 is 46.3 Å². The molecular weight excluding hydrogens is 589 g/mol. The van der Waals surface area contributed by atoms with Crippen LogP contribution in [0.4, 0.5) is 5.13 Å². The van der Waals surface area contributed by atoms with Gasteiger partial charge in [-0.25, -0.2) is 4.98 Å². The molecule has 6 rings (SSSR count). The summed E-state index contributed by atoms with van der Waals surface area (Å²) in [5.41, 5.74) is 2.90. The molecular formula is C28H19Cl2N5O3S2. The molecule has 3 aromatic heterocycles. The minimum absolute atomic E-state index is 0.0680. The van der Waals surface area contributed by atoms with Gasteiger partial charge in [-0.05, 0) is 48.4 Å². The maximum atomic E-state index is 13.6. The number of aliphatic hydroxyl groups excluding tert-OH is 1. The summed E-state index contributed by atoms with van der Waals surface area (Å²) >= 11 is 15.0. The molecule has 1 amide bonds. The fourth-order valence-corrected chi connectivity index (χ4v) is 6.91. The molecule has 1 saturated heterocycles. The van der Waals surface area contributed by atoms with Gasteiger partial charge in [-0.2, -0.15) is 0 Å². The number of thioether (sulfide) groups is 1. The topological polar surface area (TPSA) is 101 Å². The van der Waals surface area contributed by atoms with Crippen LogP contribution in [0.15, 0.2) is 82.8 Å². The van der Waals surface area contributed by atoms with Crippen LogP contribution in [0.5, 0.6) is 0 Å². The lowest BCUT2D eigenvalue weighted by molar-refractivity contribution is -0.132. The van der Waals surface area contributed by atoms with Crippen molar-refractivity contribution < 1.29 is 14.7 Å². The fraction of sp³-hybridized carbons (Fsp3) is 0.107. The molecule has 1 unspecified atom stereocenters. The van der Waals surface area contributed by atoms with Crippen molar-refractivity contribution in [2.75, 3.05) is 4.90 Å². The van der Waals surface area contributed by atoms with E-state index in [1.165, 1.54) is 28.0 Å². The number of Topliss-reactive ketones (excluding diaryl/α,β-unsaturated/α-hetero) is 1. The molecule has 4 heterocycles. The predicted molar refractivity (Wildman–Crippen MR) is 157 cm³/mol. The van der Waals surface area contributed by atoms with E-state index < -0.39 is 17.7 Å². The number of nitrogens with zero attached hydrogens (tertiary/aromatic N) is 5. The molecule has 8 nitrogen and oxygen atoms in total. The molecule has 0 aliphatic carbocycles. The lowest BCUT2D eigenvalue weighted by Gasteiger charge is -2.22. The van der Waals surface area contributed by atoms with Crippen LogP contribution in [0.2, 0.25) is 10.0 Å². The quantitative estimate of drug-likeness (QED) is 0.0751. The predicted octanol–water partition coefficient (Wildman–Crippen LogP) is 6.72. The Morgan fingerprint density at radius 2 is 1.77 bits per heavy atom. The molecule has 1 aliphatic rings. The second kappa shape index (κ2) is 10.7. The Morgan fingerprint density at radius 1 is 1.02 bits per heavy atom. The van der Waals surface area contributed by atoms with E-state index in [0.717, 1.165) is 5.56 Å². The Kier molecular flexibility index (Phi) is 7.09. The largest absolute Gasteiger partial charge is 0.505 e. The standard InChI is InChI=1S/C28H19Cl2N5O3S2/c1-15-22(34-13-5-4-8-20(34)31-15)24(36)21-23(16-9-11-18(29)12-10-16)35(26(38)25(21)37)27-32-33-28(40-27)39-14-17-6-2-3-7-19(17)30/h2-13,23,36H,14H2,1H3/b24-21+. The second-order valence-corrected chi connectivity index (χ2v) is 11.9. The number of carbonyl (C=O) groups is 2. The van der Waals surface area contributed by atoms with Crippen LogP contribution in [-0.2, 0) is 15.3 Å². The number of benzene rings is 2. The van der Waals surface area contributed by atoms with Crippen molar-refractivity contribution in [2.45, 2.75) is 23.1 Å². The van der Waals surface area contributed by atoms with E-state index in [4.69, 9.17) is 23.2 Å². The highest BCUT2D eigenvalue weighted by atomic mass is 35.5. The molecule has 40 heavy (non-hydrogen) atoms. The van der Waals surface area contributed by atoms with Crippen molar-refractivity contribution in [3.8, 4) is 0 Å². The van der Waals surface area contributed by atoms with Gasteiger partial charge in [-0.1, -0.05) is 82.7 Å². The number of imidazole rings is 1. The molecule has 5 aromatic rings. The molecule has 200 valence electrons. The number of pyridine rings is 1. The third-order valence-electron chi connectivity index (χ3n) is 6.47. The van der Waals surface area contributed by atoms with Gasteiger partial charge in [0.1, 0.15) is 11.3 Å². The average molecular weight is 609 g/mol. The Hall–Kier alpha value is -3.70. The first-order valence-corrected chi connectivity index (χ1v) is 14.6. The summed E-state index contributed by atoms with van der Waals surface area (Å²) in [5.74, 6) is -1.41. The zero-order valence-corrected chi connectivity index (χ0v) is 23.9. The van der Waals surface area contributed by atoms with Crippen LogP contribution < -0.4 is 4.90 Å². The second-order valence-electron chi connectivity index (χ2n) is 8.93. The normalized spacial score (nSPS) is 16.8. The maximum Gasteiger partial charge on any atom is 0.301 e. The number of ketones is 1. The molecule has 1 aliphatic heterocycles. The summed E-state index contributed by atoms with van der Waals surface area (Å²) in [6.07, 6.45) is 1.74. The molecule has 1 atom stereocenters. The number of anilines is 1. The van der Waals surface area contributed by atoms with Crippen LogP contribution in [0.3, 0.4) is 0 Å². The Bertz CT molecular complexity index is 1820. The zero-order chi connectivity index (χ0) is 28.0. The molecule has 1 N–H and O–H groups in total. The Balaban J connectivity index is 1.44. The maximum absolute atomic E-state index is 13.6. The van der Waals surface area contributed by atoms with Gasteiger partial charge in [0.05, 0.1) is 17.3 Å². The highest BCUT2D eigenvalue weighted by molar-refractivity contribution is 8.00. The van der Waals surface area contributed by atoms with Gasteiger partial charge < -0.3 is 5.11 Å². The van der Waals surface area contributed by atoms with E-state index in [1.807, 2.05) is 30.3 Å². The molecule has 0 bridgehead atoms. The van der Waals surface area contributed by atoms with Crippen molar-refractivity contribution in [1.29, 1.82) is 0 Å². The minimum atomic E-state index is -0.958. The number of halogens is 2. The Labute approximate surface area is 246 Å². The average Bonchev–Trinajstić information content (AvgIpc) is 3.62. The van der Waals surface area contributed by atoms with Gasteiger partial charge in [0.15, 0.2) is 10.1 Å². The van der Waals surface area contributed by atoms with Crippen molar-refractivity contribution in [1.82, 2.24) is 19.6 Å². The van der Waals surface area contributed by atoms with E-state index in [1.54, 1.807) is 53.9 Å². The SMILES string of the molecule is Cc1nc2ccccn2c1/C(O)=C1\C(=O)C(=O)N(c2nnc(SCc3ccccc3Cl)s2)C1c1ccc(Cl)cc1. The smallest absolute Gasteiger partial charge is 0.301 e. The molecule has 12 heteroatoms. The highest BCUT2D eigenvalue weighted by Gasteiger charge is 2.48. The summed E-state index contributed by atoms with van der Waals surface area (Å²) < 4.78 is 2.29. The number of hydrogen-bond acceptors (Lipinski definition) is 8. The first-order chi connectivity index (χ1) is 19.3. The van der Waals surface area contributed by atoms with Gasteiger partial charge in [-0.3, -0.25) is 18.9 Å². The van der Waals surface area contributed by atoms with Crippen molar-refractivity contribution in [3.63, 3.8) is 0 Å². The van der Waals surface area contributed by atoms with Gasteiger partial charge >= 0.3 is 5.91 Å². The van der Waals surface area contributed by atoms with Gasteiger partial charge in [0, 0.05) is 22.0 Å². The lowest BCUT2D eigenvalue weighted by Crippen LogP contribution is -2.29. The van der Waals surface area contributed by atoms with Crippen molar-refractivity contribution in [3.05, 3.63) is 111 Å². The number of fused-ring (bicyclic) bond motifs is 1. The van der Waals surface area contributed by atoms with Crippen molar-refractivity contribution in [2.24, 2.45) is 0 Å². The monoisotopic (exact) mass is 607 g/mol. The summed E-state index contributed by atoms with van der Waals surface area (Å²) in [7, 11) is 0. The number of amides is 1. The number of aromatic nitrogens is 4. The number of hydrogen-bond donors (Lipinski definition) is 1. The van der Waals surface area contributed by atoms with E-state index in [2.05, 4.69) is 15.2 Å².